The summed E-state index contributed by atoms with van der Waals surface area (Å²) in [6.45, 7) is 11.3. The summed E-state index contributed by atoms with van der Waals surface area (Å²) in [4.78, 5) is 21.1. The van der Waals surface area contributed by atoms with Gasteiger partial charge in [-0.15, -0.1) is 0 Å². The second kappa shape index (κ2) is 8.73. The number of hydrogen-bond donors (Lipinski definition) is 0. The van der Waals surface area contributed by atoms with Crippen molar-refractivity contribution in [2.75, 3.05) is 6.61 Å². The Labute approximate surface area is 181 Å². The molecule has 0 amide bonds. The number of aromatic nitrogens is 2. The molecule has 31 heavy (non-hydrogen) atoms. The smallest absolute Gasteiger partial charge is 0.265 e. The van der Waals surface area contributed by atoms with Crippen LogP contribution in [0.25, 0.3) is 21.9 Å². The van der Waals surface area contributed by atoms with Crippen LogP contribution in [0.2, 0.25) is 0 Å². The zero-order chi connectivity index (χ0) is 22.0. The molecule has 5 nitrogen and oxygen atoms in total. The van der Waals surface area contributed by atoms with E-state index in [4.69, 9.17) is 11.3 Å². The van der Waals surface area contributed by atoms with E-state index in [0.717, 1.165) is 12.8 Å². The maximum absolute atomic E-state index is 14.4. The van der Waals surface area contributed by atoms with Crippen molar-refractivity contribution in [3.8, 4) is 23.0 Å². The van der Waals surface area contributed by atoms with Crippen LogP contribution >= 0.6 is 0 Å². The zero-order valence-corrected chi connectivity index (χ0v) is 17.7. The van der Waals surface area contributed by atoms with Gasteiger partial charge in [0.25, 0.3) is 5.56 Å². The largest absolute Gasteiger partial charge is 0.477 e. The maximum atomic E-state index is 14.4. The van der Waals surface area contributed by atoms with Gasteiger partial charge in [0.15, 0.2) is 5.82 Å². The minimum atomic E-state index is -0.647. The molecule has 0 bridgehead atoms. The van der Waals surface area contributed by atoms with Crippen LogP contribution in [0.15, 0.2) is 47.3 Å². The van der Waals surface area contributed by atoms with Crippen LogP contribution in [0.3, 0.4) is 0 Å². The first-order valence-electron chi connectivity index (χ1n) is 10.6. The molecule has 1 aliphatic rings. The molecule has 2 aromatic carbocycles. The summed E-state index contributed by atoms with van der Waals surface area (Å²) in [7, 11) is 0. The molecule has 0 radical (unpaired) electrons. The Kier molecular flexibility index (Phi) is 5.85. The Balaban J connectivity index is 1.87. The first-order chi connectivity index (χ1) is 15.0. The Morgan fingerprint density at radius 3 is 2.58 bits per heavy atom. The van der Waals surface area contributed by atoms with Gasteiger partial charge >= 0.3 is 0 Å². The number of benzene rings is 2. The van der Waals surface area contributed by atoms with Gasteiger partial charge in [0.05, 0.1) is 24.4 Å². The van der Waals surface area contributed by atoms with Crippen LogP contribution in [-0.2, 0) is 0 Å². The number of halogens is 1. The molecule has 6 heteroatoms. The lowest BCUT2D eigenvalue weighted by molar-refractivity contribution is 0.294. The van der Waals surface area contributed by atoms with E-state index in [1.54, 1.807) is 13.0 Å². The molecular weight excluding hydrogens is 393 g/mol. The summed E-state index contributed by atoms with van der Waals surface area (Å²) in [5, 5.41) is 0. The normalized spacial score (nSPS) is 13.1. The van der Waals surface area contributed by atoms with Crippen LogP contribution in [0, 0.1) is 19.3 Å². The molecule has 1 aromatic heterocycles. The second-order valence-electron chi connectivity index (χ2n) is 7.85. The lowest BCUT2D eigenvalue weighted by Gasteiger charge is -2.17. The molecule has 0 spiro atoms. The molecule has 1 fully saturated rings. The van der Waals surface area contributed by atoms with E-state index in [2.05, 4.69) is 16.8 Å². The summed E-state index contributed by atoms with van der Waals surface area (Å²) in [6, 6.07) is 12.1. The highest BCUT2D eigenvalue weighted by Gasteiger charge is 2.24. The van der Waals surface area contributed by atoms with Crippen molar-refractivity contribution in [1.82, 2.24) is 9.55 Å². The van der Waals surface area contributed by atoms with Crippen molar-refractivity contribution >= 4 is 5.69 Å². The fourth-order valence-corrected chi connectivity index (χ4v) is 3.52. The predicted molar refractivity (Wildman–Crippen MR) is 119 cm³/mol. The molecular formula is C25H24FN3O2. The fraction of sp³-hybridized carbons (Fsp3) is 0.320. The van der Waals surface area contributed by atoms with Gasteiger partial charge in [0.2, 0.25) is 11.6 Å². The molecule has 0 atom stereocenters. The SMILES string of the molecule is [C-]#[N+]c1ccc(-c2nc(OCCCC)c(C)c(=O)n2-c2ccc(C3CC3)cc2)cc1F. The highest BCUT2D eigenvalue weighted by atomic mass is 19.1. The Morgan fingerprint density at radius 1 is 1.23 bits per heavy atom. The molecule has 1 heterocycles. The Morgan fingerprint density at radius 2 is 1.97 bits per heavy atom. The average Bonchev–Trinajstić information content (AvgIpc) is 3.62. The highest BCUT2D eigenvalue weighted by Crippen LogP contribution is 2.40. The van der Waals surface area contributed by atoms with Crippen LogP contribution in [0.4, 0.5) is 10.1 Å². The van der Waals surface area contributed by atoms with Crippen molar-refractivity contribution in [3.63, 3.8) is 0 Å². The first-order valence-corrected chi connectivity index (χ1v) is 10.6. The van der Waals surface area contributed by atoms with E-state index in [1.165, 1.54) is 35.1 Å². The third-order valence-corrected chi connectivity index (χ3v) is 5.53. The predicted octanol–water partition coefficient (Wildman–Crippen LogP) is 5.95. The molecule has 0 N–H and O–H groups in total. The zero-order valence-electron chi connectivity index (χ0n) is 17.7. The van der Waals surface area contributed by atoms with E-state index < -0.39 is 5.82 Å². The first kappa shape index (κ1) is 20.8. The van der Waals surface area contributed by atoms with Gasteiger partial charge in [0, 0.05) is 5.56 Å². The Hall–Kier alpha value is -3.46. The van der Waals surface area contributed by atoms with Gasteiger partial charge in [-0.1, -0.05) is 37.6 Å². The Bertz CT molecular complexity index is 1210. The van der Waals surface area contributed by atoms with Crippen molar-refractivity contribution < 1.29 is 9.13 Å². The molecule has 0 saturated heterocycles. The number of unbranched alkanes of at least 4 members (excludes halogenated alkanes) is 1. The highest BCUT2D eigenvalue weighted by molar-refractivity contribution is 5.64. The summed E-state index contributed by atoms with van der Waals surface area (Å²) in [5.74, 6) is 0.506. The maximum Gasteiger partial charge on any atom is 0.265 e. The van der Waals surface area contributed by atoms with Gasteiger partial charge in [0.1, 0.15) is 5.82 Å². The molecule has 4 rings (SSSR count). The van der Waals surface area contributed by atoms with Gasteiger partial charge in [-0.2, -0.15) is 4.98 Å². The molecule has 0 aliphatic heterocycles. The standard InChI is InChI=1S/C25H24FN3O2/c1-4-5-14-31-24-16(2)25(30)29(20-11-8-18(9-12-20)17-6-7-17)23(28-24)19-10-13-22(27-3)21(26)15-19/h8-13,15,17H,4-7,14H2,1-2H3. The summed E-state index contributed by atoms with van der Waals surface area (Å²) in [6.07, 6.45) is 4.19. The summed E-state index contributed by atoms with van der Waals surface area (Å²) < 4.78 is 21.7. The second-order valence-corrected chi connectivity index (χ2v) is 7.85. The van der Waals surface area contributed by atoms with E-state index >= 15 is 0 Å². The van der Waals surface area contributed by atoms with E-state index in [9.17, 15) is 9.18 Å². The third kappa shape index (κ3) is 4.22. The van der Waals surface area contributed by atoms with Crippen molar-refractivity contribution in [3.05, 3.63) is 81.2 Å². The van der Waals surface area contributed by atoms with Gasteiger partial charge in [-0.05, 0) is 55.9 Å². The lowest BCUT2D eigenvalue weighted by Crippen LogP contribution is -2.25. The monoisotopic (exact) mass is 417 g/mol. The molecule has 0 unspecified atom stereocenters. The van der Waals surface area contributed by atoms with Gasteiger partial charge in [-0.3, -0.25) is 9.36 Å². The number of hydrogen-bond acceptors (Lipinski definition) is 3. The summed E-state index contributed by atoms with van der Waals surface area (Å²) in [5.41, 5.74) is 2.41. The van der Waals surface area contributed by atoms with E-state index in [-0.39, 0.29) is 23.0 Å². The molecule has 3 aromatic rings. The summed E-state index contributed by atoms with van der Waals surface area (Å²) >= 11 is 0. The van der Waals surface area contributed by atoms with E-state index in [1.807, 2.05) is 24.3 Å². The van der Waals surface area contributed by atoms with E-state index in [0.29, 0.717) is 29.3 Å². The average molecular weight is 417 g/mol. The lowest BCUT2D eigenvalue weighted by atomic mass is 10.1. The number of nitrogens with zero attached hydrogens (tertiary/aromatic N) is 3. The van der Waals surface area contributed by atoms with Crippen molar-refractivity contribution in [1.29, 1.82) is 0 Å². The van der Waals surface area contributed by atoms with Gasteiger partial charge < -0.3 is 4.74 Å². The molecule has 1 aliphatic carbocycles. The van der Waals surface area contributed by atoms with Crippen LogP contribution in [-0.4, -0.2) is 16.2 Å². The minimum Gasteiger partial charge on any atom is -0.477 e. The van der Waals surface area contributed by atoms with Crippen LogP contribution in [0.1, 0.15) is 49.7 Å². The van der Waals surface area contributed by atoms with Crippen LogP contribution < -0.4 is 10.3 Å². The van der Waals surface area contributed by atoms with Crippen molar-refractivity contribution in [2.24, 2.45) is 0 Å². The minimum absolute atomic E-state index is 0.0713. The van der Waals surface area contributed by atoms with Gasteiger partial charge in [-0.25, -0.2) is 9.24 Å². The van der Waals surface area contributed by atoms with Crippen molar-refractivity contribution in [2.45, 2.75) is 45.4 Å². The topological polar surface area (TPSA) is 48.5 Å². The fourth-order valence-electron chi connectivity index (χ4n) is 3.52. The number of rotatable bonds is 7. The molecule has 158 valence electrons. The third-order valence-electron chi connectivity index (χ3n) is 5.53. The quantitative estimate of drug-likeness (QED) is 0.352. The van der Waals surface area contributed by atoms with Crippen LogP contribution in [0.5, 0.6) is 5.88 Å². The number of ether oxygens (including phenoxy) is 1. The molecule has 1 saturated carbocycles.